The summed E-state index contributed by atoms with van der Waals surface area (Å²) in [6.07, 6.45) is 11.1. The maximum atomic E-state index is 7.51. The number of nitrogens with zero attached hydrogens (tertiary/aromatic N) is 1. The molecule has 0 N–H and O–H groups in total. The molecule has 0 saturated heterocycles. The molecule has 0 aromatic carbocycles. The lowest BCUT2D eigenvalue weighted by Crippen LogP contribution is -2.20. The van der Waals surface area contributed by atoms with Crippen molar-refractivity contribution in [2.45, 2.75) is 19.3 Å². The zero-order valence-corrected chi connectivity index (χ0v) is 9.94. The zero-order chi connectivity index (χ0) is 12.4. The number of hydrogen-bond donors (Lipinski definition) is 0. The maximum Gasteiger partial charge on any atom is 0.0905 e. The van der Waals surface area contributed by atoms with Crippen LogP contribution in [0.2, 0.25) is 0 Å². The molecule has 86 valence electrons. The fraction of sp³-hybridized carbons (Fsp3) is 0.400. The molecular weight excluding hydrogens is 194 g/mol. The summed E-state index contributed by atoms with van der Waals surface area (Å²) in [5.74, 6) is 1.97. The van der Waals surface area contributed by atoms with Gasteiger partial charge >= 0.3 is 0 Å². The van der Waals surface area contributed by atoms with Crippen LogP contribution in [0.3, 0.4) is 0 Å². The Morgan fingerprint density at radius 3 is 1.88 bits per heavy atom. The third kappa shape index (κ3) is 4.79. The molecule has 0 aliphatic heterocycles. The Kier molecular flexibility index (Phi) is 7.89. The van der Waals surface area contributed by atoms with Gasteiger partial charge in [0.15, 0.2) is 0 Å². The van der Waals surface area contributed by atoms with E-state index in [4.69, 9.17) is 5.26 Å². The van der Waals surface area contributed by atoms with Crippen molar-refractivity contribution >= 4 is 0 Å². The molecule has 1 rings (SSSR count). The van der Waals surface area contributed by atoms with E-state index in [1.54, 1.807) is 6.07 Å². The molecule has 3 unspecified atom stereocenters. The summed E-state index contributed by atoms with van der Waals surface area (Å²) in [5.41, 5.74) is 0. The molecule has 1 nitrogen and oxygen atoms in total. The van der Waals surface area contributed by atoms with Gasteiger partial charge in [-0.1, -0.05) is 24.8 Å². The number of rotatable bonds is 3. The van der Waals surface area contributed by atoms with E-state index in [2.05, 4.69) is 44.5 Å². The largest absolute Gasteiger partial charge is 0.193 e. The summed E-state index contributed by atoms with van der Waals surface area (Å²) >= 11 is 0. The van der Waals surface area contributed by atoms with Crippen LogP contribution in [0.4, 0.5) is 0 Å². The zero-order valence-electron chi connectivity index (χ0n) is 9.94. The molecule has 0 aromatic heterocycles. The molecule has 1 aliphatic rings. The van der Waals surface area contributed by atoms with Crippen molar-refractivity contribution in [1.82, 2.24) is 0 Å². The first-order valence-corrected chi connectivity index (χ1v) is 5.61. The van der Waals surface area contributed by atoms with Gasteiger partial charge in [-0.15, -0.1) is 19.7 Å². The van der Waals surface area contributed by atoms with E-state index in [1.807, 2.05) is 0 Å². The summed E-state index contributed by atoms with van der Waals surface area (Å²) in [7, 11) is 0. The van der Waals surface area contributed by atoms with Crippen molar-refractivity contribution in [3.05, 3.63) is 50.6 Å². The quantitative estimate of drug-likeness (QED) is 0.509. The molecule has 1 aliphatic carbocycles. The fourth-order valence-electron chi connectivity index (χ4n) is 2.04. The molecule has 1 fully saturated rings. The first-order chi connectivity index (χ1) is 7.73. The van der Waals surface area contributed by atoms with Crippen LogP contribution >= 0.6 is 0 Å². The lowest BCUT2D eigenvalue weighted by Gasteiger charge is -2.31. The summed E-state index contributed by atoms with van der Waals surface area (Å²) in [4.78, 5) is 0. The van der Waals surface area contributed by atoms with Crippen LogP contribution in [0.15, 0.2) is 50.6 Å². The second-order valence-corrected chi connectivity index (χ2v) is 3.94. The van der Waals surface area contributed by atoms with E-state index in [-0.39, 0.29) is 0 Å². The standard InChI is InChI=1S/C12H18.C3H3N/c1-4-10-7-8-11(5-2)12(6-3)9-10;1-2-3-4/h4-6,10-12H,1-3,7-9H2;2H,1H2. The topological polar surface area (TPSA) is 23.8 Å². The molecule has 0 radical (unpaired) electrons. The summed E-state index contributed by atoms with van der Waals surface area (Å²) in [5, 5.41) is 7.51. The van der Waals surface area contributed by atoms with Crippen LogP contribution in [-0.4, -0.2) is 0 Å². The first-order valence-electron chi connectivity index (χ1n) is 5.61. The van der Waals surface area contributed by atoms with Crippen molar-refractivity contribution in [2.24, 2.45) is 17.8 Å². The highest BCUT2D eigenvalue weighted by Crippen LogP contribution is 2.35. The van der Waals surface area contributed by atoms with Gasteiger partial charge in [0, 0.05) is 6.08 Å². The van der Waals surface area contributed by atoms with Crippen molar-refractivity contribution in [3.8, 4) is 6.07 Å². The molecule has 0 spiro atoms. The Bertz CT molecular complexity index is 282. The van der Waals surface area contributed by atoms with E-state index in [0.29, 0.717) is 17.8 Å². The highest BCUT2D eigenvalue weighted by molar-refractivity contribution is 4.99. The van der Waals surface area contributed by atoms with Crippen LogP contribution in [0.25, 0.3) is 0 Å². The summed E-state index contributed by atoms with van der Waals surface area (Å²) in [6, 6.07) is 1.69. The van der Waals surface area contributed by atoms with Gasteiger partial charge in [-0.2, -0.15) is 5.26 Å². The Morgan fingerprint density at radius 1 is 0.938 bits per heavy atom. The van der Waals surface area contributed by atoms with Gasteiger partial charge < -0.3 is 0 Å². The Morgan fingerprint density at radius 2 is 1.50 bits per heavy atom. The highest BCUT2D eigenvalue weighted by Gasteiger charge is 2.24. The maximum absolute atomic E-state index is 7.51. The van der Waals surface area contributed by atoms with E-state index in [1.165, 1.54) is 25.3 Å². The van der Waals surface area contributed by atoms with Gasteiger partial charge in [-0.3, -0.25) is 0 Å². The Labute approximate surface area is 99.5 Å². The second-order valence-electron chi connectivity index (χ2n) is 3.94. The van der Waals surface area contributed by atoms with Crippen LogP contribution < -0.4 is 0 Å². The third-order valence-electron chi connectivity index (χ3n) is 3.03. The molecule has 1 heteroatoms. The van der Waals surface area contributed by atoms with Crippen molar-refractivity contribution in [1.29, 1.82) is 5.26 Å². The molecule has 3 atom stereocenters. The van der Waals surface area contributed by atoms with Crippen LogP contribution in [-0.2, 0) is 0 Å². The number of nitriles is 1. The molecule has 0 aromatic rings. The SMILES string of the molecule is C=CC#N.C=CC1CCC(C=C)C(C=C)C1. The van der Waals surface area contributed by atoms with Crippen LogP contribution in [0, 0.1) is 29.1 Å². The van der Waals surface area contributed by atoms with Gasteiger partial charge in [0.2, 0.25) is 0 Å². The van der Waals surface area contributed by atoms with Gasteiger partial charge in [-0.05, 0) is 37.0 Å². The highest BCUT2D eigenvalue weighted by atomic mass is 14.3. The Hall–Kier alpha value is -1.55. The minimum absolute atomic E-state index is 0.624. The lowest BCUT2D eigenvalue weighted by molar-refractivity contribution is 0.288. The fourth-order valence-corrected chi connectivity index (χ4v) is 2.04. The summed E-state index contributed by atoms with van der Waals surface area (Å²) < 4.78 is 0. The summed E-state index contributed by atoms with van der Waals surface area (Å²) in [6.45, 7) is 14.7. The van der Waals surface area contributed by atoms with Gasteiger partial charge in [0.25, 0.3) is 0 Å². The monoisotopic (exact) mass is 215 g/mol. The van der Waals surface area contributed by atoms with E-state index < -0.39 is 0 Å². The lowest BCUT2D eigenvalue weighted by atomic mass is 9.74. The molecule has 16 heavy (non-hydrogen) atoms. The smallest absolute Gasteiger partial charge is 0.0905 e. The Balaban J connectivity index is 0.000000487. The predicted molar refractivity (Wildman–Crippen MR) is 70.7 cm³/mol. The average molecular weight is 215 g/mol. The second kappa shape index (κ2) is 8.73. The molecular formula is C15H21N. The molecule has 0 bridgehead atoms. The van der Waals surface area contributed by atoms with Gasteiger partial charge in [0.1, 0.15) is 0 Å². The average Bonchev–Trinajstić information content (AvgIpc) is 2.38. The van der Waals surface area contributed by atoms with Crippen molar-refractivity contribution in [2.75, 3.05) is 0 Å². The molecule has 1 saturated carbocycles. The molecule has 0 heterocycles. The van der Waals surface area contributed by atoms with Gasteiger partial charge in [0.05, 0.1) is 6.07 Å². The van der Waals surface area contributed by atoms with Crippen LogP contribution in [0.1, 0.15) is 19.3 Å². The van der Waals surface area contributed by atoms with E-state index >= 15 is 0 Å². The number of allylic oxidation sites excluding steroid dienone is 4. The van der Waals surface area contributed by atoms with E-state index in [0.717, 1.165) is 0 Å². The predicted octanol–water partition coefficient (Wildman–Crippen LogP) is 4.27. The van der Waals surface area contributed by atoms with E-state index in [9.17, 15) is 0 Å². The third-order valence-corrected chi connectivity index (χ3v) is 3.03. The van der Waals surface area contributed by atoms with Gasteiger partial charge in [-0.25, -0.2) is 0 Å². The number of hydrogen-bond acceptors (Lipinski definition) is 1. The minimum Gasteiger partial charge on any atom is -0.193 e. The normalized spacial score (nSPS) is 27.6. The molecule has 0 amide bonds. The van der Waals surface area contributed by atoms with Crippen LogP contribution in [0.5, 0.6) is 0 Å². The first kappa shape index (κ1) is 14.5. The minimum atomic E-state index is 0.624. The van der Waals surface area contributed by atoms with Crippen molar-refractivity contribution in [3.63, 3.8) is 0 Å². The van der Waals surface area contributed by atoms with Crippen molar-refractivity contribution < 1.29 is 0 Å².